The number of carbonyl (C=O) groups is 5. The van der Waals surface area contributed by atoms with Crippen LogP contribution < -0.4 is 21.9 Å². The minimum absolute atomic E-state index is 0.0786. The van der Waals surface area contributed by atoms with Gasteiger partial charge in [0.25, 0.3) is 11.3 Å². The van der Waals surface area contributed by atoms with Gasteiger partial charge in [0.05, 0.1) is 6.04 Å². The minimum atomic E-state index is -5.16. The zero-order chi connectivity index (χ0) is 30.5. The largest absolute Gasteiger partial charge is 0.480 e. The van der Waals surface area contributed by atoms with Gasteiger partial charge in [0.15, 0.2) is 0 Å². The number of ketones is 1. The van der Waals surface area contributed by atoms with Crippen LogP contribution >= 0.6 is 0 Å². The van der Waals surface area contributed by atoms with Crippen molar-refractivity contribution >= 4 is 29.5 Å². The Morgan fingerprint density at radius 1 is 1.00 bits per heavy atom. The molecule has 0 radical (unpaired) electrons. The zero-order valence-electron chi connectivity index (χ0n) is 22.4. The number of rotatable bonds is 11. The van der Waals surface area contributed by atoms with Crippen LogP contribution in [0, 0.1) is 11.8 Å². The standard InChI is InChI=1S/C24H32F3N5O8/c1-12(2)18(20(37)24(25,26)27)29-21(38)14-6-5-8-31(14)22(39)19(13(3)4)28-15(33)10-30-9-7-16(34)32(23(30)40)11-17(35)36/h7,9,12-14,18-19H,5-6,8,10-11H2,1-4H3,(H,28,33)(H,29,38)(H,35,36)/t14-,18-,19-/m0/s1. The summed E-state index contributed by atoms with van der Waals surface area (Å²) in [7, 11) is 0. The smallest absolute Gasteiger partial charge is 0.452 e. The molecule has 40 heavy (non-hydrogen) atoms. The molecule has 2 heterocycles. The fourth-order valence-corrected chi connectivity index (χ4v) is 4.29. The molecule has 1 aliphatic heterocycles. The number of amides is 3. The van der Waals surface area contributed by atoms with Gasteiger partial charge in [-0.05, 0) is 24.7 Å². The Morgan fingerprint density at radius 3 is 2.12 bits per heavy atom. The van der Waals surface area contributed by atoms with Gasteiger partial charge in [-0.3, -0.25) is 33.3 Å². The van der Waals surface area contributed by atoms with Gasteiger partial charge >= 0.3 is 17.8 Å². The highest BCUT2D eigenvalue weighted by Crippen LogP contribution is 2.24. The first-order valence-electron chi connectivity index (χ1n) is 12.5. The van der Waals surface area contributed by atoms with Crippen molar-refractivity contribution in [1.82, 2.24) is 24.7 Å². The van der Waals surface area contributed by atoms with Gasteiger partial charge < -0.3 is 20.6 Å². The van der Waals surface area contributed by atoms with E-state index in [-0.39, 0.29) is 13.0 Å². The molecule has 0 spiro atoms. The zero-order valence-corrected chi connectivity index (χ0v) is 22.4. The molecule has 3 atom stereocenters. The third-order valence-corrected chi connectivity index (χ3v) is 6.36. The van der Waals surface area contributed by atoms with Crippen molar-refractivity contribution in [2.75, 3.05) is 6.54 Å². The summed E-state index contributed by atoms with van der Waals surface area (Å²) in [4.78, 5) is 87.2. The minimum Gasteiger partial charge on any atom is -0.480 e. The number of likely N-dealkylation sites (tertiary alicyclic amines) is 1. The summed E-state index contributed by atoms with van der Waals surface area (Å²) in [5.41, 5.74) is -1.93. The number of nitrogens with zero attached hydrogens (tertiary/aromatic N) is 3. The van der Waals surface area contributed by atoms with E-state index in [1.807, 2.05) is 0 Å². The summed E-state index contributed by atoms with van der Waals surface area (Å²) in [6.45, 7) is 4.39. The third-order valence-electron chi connectivity index (χ3n) is 6.36. The van der Waals surface area contributed by atoms with Crippen LogP contribution in [0.4, 0.5) is 13.2 Å². The monoisotopic (exact) mass is 575 g/mol. The van der Waals surface area contributed by atoms with E-state index in [0.717, 1.165) is 21.7 Å². The van der Waals surface area contributed by atoms with Crippen LogP contribution in [0.3, 0.4) is 0 Å². The number of carbonyl (C=O) groups excluding carboxylic acids is 4. The van der Waals surface area contributed by atoms with E-state index in [9.17, 15) is 46.7 Å². The van der Waals surface area contributed by atoms with Gasteiger partial charge in [0.2, 0.25) is 17.7 Å². The predicted molar refractivity (Wildman–Crippen MR) is 132 cm³/mol. The normalized spacial score (nSPS) is 17.0. The Hall–Kier alpha value is -3.98. The lowest BCUT2D eigenvalue weighted by Crippen LogP contribution is -2.58. The highest BCUT2D eigenvalue weighted by atomic mass is 19.4. The maximum Gasteiger partial charge on any atom is 0.452 e. The van der Waals surface area contributed by atoms with Crippen molar-refractivity contribution in [2.45, 2.75) is 77.9 Å². The lowest BCUT2D eigenvalue weighted by Gasteiger charge is -2.32. The number of hydrogen-bond donors (Lipinski definition) is 3. The summed E-state index contributed by atoms with van der Waals surface area (Å²) in [5, 5.41) is 13.5. The molecule has 3 amide bonds. The van der Waals surface area contributed by atoms with E-state index in [0.29, 0.717) is 11.0 Å². The van der Waals surface area contributed by atoms with Crippen LogP contribution in [0.5, 0.6) is 0 Å². The number of carboxylic acids is 1. The second-order valence-corrected chi connectivity index (χ2v) is 10.1. The summed E-state index contributed by atoms with van der Waals surface area (Å²) >= 11 is 0. The maximum absolute atomic E-state index is 13.4. The molecule has 13 nitrogen and oxygen atoms in total. The molecule has 1 aromatic rings. The molecule has 0 aromatic carbocycles. The molecular weight excluding hydrogens is 543 g/mol. The number of alkyl halides is 3. The summed E-state index contributed by atoms with van der Waals surface area (Å²) in [6.07, 6.45) is -3.68. The Morgan fingerprint density at radius 2 is 1.60 bits per heavy atom. The highest BCUT2D eigenvalue weighted by Gasteiger charge is 2.46. The highest BCUT2D eigenvalue weighted by molar-refractivity contribution is 5.96. The van der Waals surface area contributed by atoms with Gasteiger partial charge in [-0.25, -0.2) is 9.36 Å². The number of carboxylic acid groups (broad SMARTS) is 1. The average Bonchev–Trinajstić information content (AvgIpc) is 3.33. The average molecular weight is 576 g/mol. The van der Waals surface area contributed by atoms with E-state index in [2.05, 4.69) is 10.6 Å². The number of halogens is 3. The third kappa shape index (κ3) is 7.79. The van der Waals surface area contributed by atoms with E-state index in [1.54, 1.807) is 13.8 Å². The molecule has 0 aliphatic carbocycles. The van der Waals surface area contributed by atoms with Gasteiger partial charge in [-0.15, -0.1) is 0 Å². The number of aromatic nitrogens is 2. The van der Waals surface area contributed by atoms with Crippen molar-refractivity contribution in [1.29, 1.82) is 0 Å². The van der Waals surface area contributed by atoms with E-state index in [4.69, 9.17) is 5.11 Å². The molecule has 0 bridgehead atoms. The van der Waals surface area contributed by atoms with Crippen molar-refractivity contribution in [3.8, 4) is 0 Å². The number of nitrogens with one attached hydrogen (secondary N) is 2. The first kappa shape index (κ1) is 32.2. The molecule has 0 unspecified atom stereocenters. The van der Waals surface area contributed by atoms with Crippen molar-refractivity contribution in [2.24, 2.45) is 11.8 Å². The summed E-state index contributed by atoms with van der Waals surface area (Å²) in [6, 6.07) is -3.30. The van der Waals surface area contributed by atoms with Gasteiger partial charge in [-0.2, -0.15) is 13.2 Å². The Labute approximate surface area is 226 Å². The van der Waals surface area contributed by atoms with Crippen molar-refractivity contribution in [3.63, 3.8) is 0 Å². The molecule has 3 N–H and O–H groups in total. The topological polar surface area (TPSA) is 177 Å². The Balaban J connectivity index is 2.20. The maximum atomic E-state index is 13.4. The first-order chi connectivity index (χ1) is 18.4. The quantitative estimate of drug-likeness (QED) is 0.316. The summed E-state index contributed by atoms with van der Waals surface area (Å²) < 4.78 is 40.3. The fourth-order valence-electron chi connectivity index (χ4n) is 4.29. The molecule has 1 aromatic heterocycles. The molecule has 1 fully saturated rings. The van der Waals surface area contributed by atoms with Crippen LogP contribution in [-0.2, 0) is 37.1 Å². The first-order valence-corrected chi connectivity index (χ1v) is 12.5. The van der Waals surface area contributed by atoms with Gasteiger partial charge in [-0.1, -0.05) is 27.7 Å². The van der Waals surface area contributed by atoms with E-state index < -0.39 is 90.0 Å². The Bertz CT molecular complexity index is 1270. The van der Waals surface area contributed by atoms with Crippen LogP contribution in [0.1, 0.15) is 40.5 Å². The van der Waals surface area contributed by atoms with Gasteiger partial charge in [0.1, 0.15) is 25.2 Å². The molecule has 1 aliphatic rings. The number of Topliss-reactive ketones (excluding diaryl/α,β-unsaturated/α-hetero) is 1. The predicted octanol–water partition coefficient (Wildman–Crippen LogP) is -0.501. The van der Waals surface area contributed by atoms with E-state index >= 15 is 0 Å². The van der Waals surface area contributed by atoms with E-state index in [1.165, 1.54) is 13.8 Å². The van der Waals surface area contributed by atoms with Crippen molar-refractivity contribution in [3.05, 3.63) is 33.1 Å². The lowest BCUT2D eigenvalue weighted by molar-refractivity contribution is -0.175. The SMILES string of the molecule is CC(C)[C@H](NC(=O)Cn1ccc(=O)n(CC(=O)O)c1=O)C(=O)N1CCC[C@H]1C(=O)N[C@H](C(=O)C(F)(F)F)C(C)C. The number of aliphatic carboxylic acids is 1. The second kappa shape index (κ2) is 12.9. The second-order valence-electron chi connectivity index (χ2n) is 10.1. The molecule has 1 saturated heterocycles. The van der Waals surface area contributed by atoms with Crippen LogP contribution in [0.2, 0.25) is 0 Å². The molecule has 16 heteroatoms. The Kier molecular flexibility index (Phi) is 10.4. The van der Waals surface area contributed by atoms with Crippen LogP contribution in [0.25, 0.3) is 0 Å². The summed E-state index contributed by atoms with van der Waals surface area (Å²) in [5.74, 6) is -7.39. The molecular formula is C24H32F3N5O8. The molecule has 222 valence electrons. The van der Waals surface area contributed by atoms with Gasteiger partial charge in [0, 0.05) is 18.8 Å². The van der Waals surface area contributed by atoms with Crippen LogP contribution in [-0.4, -0.2) is 79.5 Å². The number of hydrogen-bond acceptors (Lipinski definition) is 7. The molecule has 2 rings (SSSR count). The van der Waals surface area contributed by atoms with Crippen molar-refractivity contribution < 1.29 is 42.3 Å². The molecule has 0 saturated carbocycles. The fraction of sp³-hybridized carbons (Fsp3) is 0.625. The van der Waals surface area contributed by atoms with Crippen LogP contribution in [0.15, 0.2) is 21.9 Å². The lowest BCUT2D eigenvalue weighted by atomic mass is 9.98.